The molecule has 1 aromatic rings. The van der Waals surface area contributed by atoms with E-state index < -0.39 is 0 Å². The summed E-state index contributed by atoms with van der Waals surface area (Å²) in [6, 6.07) is 1.64. The molecule has 1 nitrogen and oxygen atoms in total. The number of terminal acetylenes is 1. The highest BCUT2D eigenvalue weighted by Crippen LogP contribution is 2.34. The van der Waals surface area contributed by atoms with Gasteiger partial charge in [-0.3, -0.25) is 0 Å². The molecule has 0 aliphatic carbocycles. The van der Waals surface area contributed by atoms with Crippen LogP contribution in [0.4, 0.5) is 0 Å². The van der Waals surface area contributed by atoms with Crippen LogP contribution < -0.4 is 5.32 Å². The molecule has 0 radical (unpaired) electrons. The molecule has 0 saturated heterocycles. The molecule has 1 heterocycles. The van der Waals surface area contributed by atoms with Crippen LogP contribution in [-0.4, -0.2) is 7.05 Å². The molecule has 0 spiro atoms. The van der Waals surface area contributed by atoms with Gasteiger partial charge in [0.2, 0.25) is 0 Å². The summed E-state index contributed by atoms with van der Waals surface area (Å²) < 4.78 is 1.31. The molecule has 1 N–H and O–H groups in total. The van der Waals surface area contributed by atoms with E-state index >= 15 is 0 Å². The zero-order valence-electron chi connectivity index (χ0n) is 6.40. The number of nitrogens with one attached hydrogen (secondary N) is 1. The molecule has 1 rings (SSSR count). The molecule has 1 unspecified atom stereocenters. The van der Waals surface area contributed by atoms with E-state index in [9.17, 15) is 0 Å². The number of thiophene rings is 1. The molecule has 0 amide bonds. The Balaban J connectivity index is 3.02. The predicted molar refractivity (Wildman–Crippen MR) is 55.0 cm³/mol. The first-order chi connectivity index (χ1) is 5.69. The molecule has 1 atom stereocenters. The van der Waals surface area contributed by atoms with Gasteiger partial charge >= 0.3 is 0 Å². The Morgan fingerprint density at radius 3 is 2.67 bits per heavy atom. The van der Waals surface area contributed by atoms with E-state index in [4.69, 9.17) is 29.6 Å². The van der Waals surface area contributed by atoms with E-state index in [2.05, 4.69) is 11.2 Å². The monoisotopic (exact) mass is 219 g/mol. The highest BCUT2D eigenvalue weighted by atomic mass is 35.5. The molecular formula is C8H7Cl2NS. The molecule has 12 heavy (non-hydrogen) atoms. The molecule has 64 valence electrons. The smallest absolute Gasteiger partial charge is 0.100 e. The fourth-order valence-corrected chi connectivity index (χ4v) is 2.41. The van der Waals surface area contributed by atoms with Gasteiger partial charge in [0.15, 0.2) is 0 Å². The van der Waals surface area contributed by atoms with Gasteiger partial charge in [-0.1, -0.05) is 29.1 Å². The Morgan fingerprint density at radius 2 is 2.33 bits per heavy atom. The van der Waals surface area contributed by atoms with Crippen molar-refractivity contribution in [2.45, 2.75) is 6.04 Å². The van der Waals surface area contributed by atoms with Crippen LogP contribution in [0.5, 0.6) is 0 Å². The summed E-state index contributed by atoms with van der Waals surface area (Å²) in [7, 11) is 1.78. The third-order valence-electron chi connectivity index (χ3n) is 1.45. The lowest BCUT2D eigenvalue weighted by Crippen LogP contribution is -2.13. The minimum Gasteiger partial charge on any atom is -0.303 e. The Bertz CT molecular complexity index is 313. The quantitative estimate of drug-likeness (QED) is 0.755. The first kappa shape index (κ1) is 9.88. The van der Waals surface area contributed by atoms with Gasteiger partial charge in [-0.2, -0.15) is 0 Å². The van der Waals surface area contributed by atoms with Gasteiger partial charge in [-0.15, -0.1) is 17.8 Å². The van der Waals surface area contributed by atoms with Crippen LogP contribution in [0.25, 0.3) is 0 Å². The minimum absolute atomic E-state index is 0.152. The standard InChI is InChI=1S/C8H7Cl2NS/c1-3-6(11-2)5-4-7(9)12-8(5)10/h1,4,6,11H,2H3. The van der Waals surface area contributed by atoms with Gasteiger partial charge in [0, 0.05) is 5.56 Å². The van der Waals surface area contributed by atoms with E-state index in [-0.39, 0.29) is 6.04 Å². The number of hydrogen-bond acceptors (Lipinski definition) is 2. The van der Waals surface area contributed by atoms with Crippen LogP contribution in [-0.2, 0) is 0 Å². The van der Waals surface area contributed by atoms with Crippen molar-refractivity contribution in [3.63, 3.8) is 0 Å². The summed E-state index contributed by atoms with van der Waals surface area (Å²) in [6.45, 7) is 0. The van der Waals surface area contributed by atoms with E-state index in [0.717, 1.165) is 5.56 Å². The molecule has 0 aromatic carbocycles. The van der Waals surface area contributed by atoms with Crippen molar-refractivity contribution in [3.05, 3.63) is 20.3 Å². The van der Waals surface area contributed by atoms with Gasteiger partial charge in [0.1, 0.15) is 4.34 Å². The zero-order chi connectivity index (χ0) is 9.14. The predicted octanol–water partition coefficient (Wildman–Crippen LogP) is 2.95. The average Bonchev–Trinajstić information content (AvgIpc) is 2.34. The molecular weight excluding hydrogens is 213 g/mol. The Morgan fingerprint density at radius 1 is 1.67 bits per heavy atom. The fourth-order valence-electron chi connectivity index (χ4n) is 0.878. The summed E-state index contributed by atoms with van der Waals surface area (Å²) in [5.41, 5.74) is 0.872. The van der Waals surface area contributed by atoms with E-state index in [1.165, 1.54) is 11.3 Å². The van der Waals surface area contributed by atoms with Crippen LogP contribution in [0.3, 0.4) is 0 Å². The lowest BCUT2D eigenvalue weighted by atomic mass is 10.2. The van der Waals surface area contributed by atoms with Crippen LogP contribution >= 0.6 is 34.5 Å². The topological polar surface area (TPSA) is 12.0 Å². The number of rotatable bonds is 2. The van der Waals surface area contributed by atoms with Gasteiger partial charge in [0.25, 0.3) is 0 Å². The van der Waals surface area contributed by atoms with E-state index in [1.54, 1.807) is 13.1 Å². The van der Waals surface area contributed by atoms with Crippen molar-refractivity contribution < 1.29 is 0 Å². The van der Waals surface area contributed by atoms with Gasteiger partial charge in [0.05, 0.1) is 10.4 Å². The minimum atomic E-state index is -0.152. The summed E-state index contributed by atoms with van der Waals surface area (Å²) in [6.07, 6.45) is 5.28. The van der Waals surface area contributed by atoms with Gasteiger partial charge < -0.3 is 5.32 Å². The third kappa shape index (κ3) is 1.94. The Kier molecular flexibility index (Phi) is 3.42. The van der Waals surface area contributed by atoms with Gasteiger partial charge in [-0.25, -0.2) is 0 Å². The van der Waals surface area contributed by atoms with Crippen LogP contribution in [0.1, 0.15) is 11.6 Å². The summed E-state index contributed by atoms with van der Waals surface area (Å²) >= 11 is 13.0. The first-order valence-corrected chi connectivity index (χ1v) is 4.84. The third-order valence-corrected chi connectivity index (χ3v) is 2.97. The van der Waals surface area contributed by atoms with E-state index in [1.807, 2.05) is 0 Å². The maximum Gasteiger partial charge on any atom is 0.100 e. The normalized spacial score (nSPS) is 12.5. The maximum atomic E-state index is 5.90. The second-order valence-corrected chi connectivity index (χ2v) is 4.45. The Hall–Kier alpha value is -0.200. The number of hydrogen-bond donors (Lipinski definition) is 1. The fraction of sp³-hybridized carbons (Fsp3) is 0.250. The average molecular weight is 220 g/mol. The van der Waals surface area contributed by atoms with Crippen LogP contribution in [0.15, 0.2) is 6.07 Å². The van der Waals surface area contributed by atoms with Crippen molar-refractivity contribution in [3.8, 4) is 12.3 Å². The SMILES string of the molecule is C#CC(NC)c1cc(Cl)sc1Cl. The Labute approximate surface area is 85.7 Å². The first-order valence-electron chi connectivity index (χ1n) is 3.27. The second kappa shape index (κ2) is 4.15. The van der Waals surface area contributed by atoms with Crippen molar-refractivity contribution in [1.82, 2.24) is 5.32 Å². The largest absolute Gasteiger partial charge is 0.303 e. The van der Waals surface area contributed by atoms with Crippen molar-refractivity contribution in [2.24, 2.45) is 0 Å². The highest BCUT2D eigenvalue weighted by molar-refractivity contribution is 7.20. The second-order valence-electron chi connectivity index (χ2n) is 2.17. The highest BCUT2D eigenvalue weighted by Gasteiger charge is 2.12. The van der Waals surface area contributed by atoms with E-state index in [0.29, 0.717) is 8.67 Å². The molecule has 0 fully saturated rings. The summed E-state index contributed by atoms with van der Waals surface area (Å²) in [5.74, 6) is 2.57. The van der Waals surface area contributed by atoms with Crippen molar-refractivity contribution >= 4 is 34.5 Å². The number of halogens is 2. The zero-order valence-corrected chi connectivity index (χ0v) is 8.72. The van der Waals surface area contributed by atoms with Crippen molar-refractivity contribution in [1.29, 1.82) is 0 Å². The lowest BCUT2D eigenvalue weighted by Gasteiger charge is -2.06. The van der Waals surface area contributed by atoms with Crippen LogP contribution in [0, 0.1) is 12.3 Å². The molecule has 0 saturated carbocycles. The lowest BCUT2D eigenvalue weighted by molar-refractivity contribution is 0.739. The maximum absolute atomic E-state index is 5.90. The molecule has 1 aromatic heterocycles. The molecule has 0 bridgehead atoms. The van der Waals surface area contributed by atoms with Gasteiger partial charge in [-0.05, 0) is 13.1 Å². The molecule has 0 aliphatic rings. The summed E-state index contributed by atoms with van der Waals surface area (Å²) in [5, 5.41) is 2.95. The molecule has 4 heteroatoms. The molecule has 0 aliphatic heterocycles. The summed E-state index contributed by atoms with van der Waals surface area (Å²) in [4.78, 5) is 0. The van der Waals surface area contributed by atoms with Crippen LogP contribution in [0.2, 0.25) is 8.67 Å². The van der Waals surface area contributed by atoms with Crippen molar-refractivity contribution in [2.75, 3.05) is 7.05 Å².